The van der Waals surface area contributed by atoms with Gasteiger partial charge in [-0.25, -0.2) is 15.0 Å². The highest BCUT2D eigenvalue weighted by Crippen LogP contribution is 2.39. The molecule has 0 radical (unpaired) electrons. The summed E-state index contributed by atoms with van der Waals surface area (Å²) < 4.78 is 3.32. The number of rotatable bonds is 3. The lowest BCUT2D eigenvalue weighted by molar-refractivity contribution is 0.814. The zero-order valence-corrected chi connectivity index (χ0v) is 15.2. The molecule has 1 aliphatic rings. The van der Waals surface area contributed by atoms with Crippen LogP contribution in [0.2, 0.25) is 0 Å². The molecule has 130 valence electrons. The van der Waals surface area contributed by atoms with Gasteiger partial charge in [0.1, 0.15) is 5.56 Å². The van der Waals surface area contributed by atoms with Crippen LogP contribution in [0.4, 0.5) is 0 Å². The van der Waals surface area contributed by atoms with E-state index in [0.717, 1.165) is 29.2 Å². The van der Waals surface area contributed by atoms with Gasteiger partial charge in [0.2, 0.25) is 0 Å². The van der Waals surface area contributed by atoms with Crippen LogP contribution < -0.4 is 5.56 Å². The summed E-state index contributed by atoms with van der Waals surface area (Å²) in [4.78, 5) is 28.5. The highest BCUT2D eigenvalue weighted by Gasteiger charge is 2.30. The van der Waals surface area contributed by atoms with Crippen molar-refractivity contribution >= 4 is 16.3 Å². The summed E-state index contributed by atoms with van der Waals surface area (Å²) in [5.74, 6) is 2.29. The molecule has 1 saturated carbocycles. The minimum absolute atomic E-state index is 0.122. The first kappa shape index (κ1) is 15.4. The van der Waals surface area contributed by atoms with Crippen LogP contribution in [-0.2, 0) is 0 Å². The van der Waals surface area contributed by atoms with E-state index < -0.39 is 0 Å². The molecule has 4 aromatic rings. The second kappa shape index (κ2) is 5.57. The van der Waals surface area contributed by atoms with Crippen molar-refractivity contribution in [2.75, 3.05) is 0 Å². The van der Waals surface area contributed by atoms with Gasteiger partial charge in [-0.15, -0.1) is 16.4 Å². The van der Waals surface area contributed by atoms with E-state index in [4.69, 9.17) is 0 Å². The fraction of sp³-hybridized carbons (Fsp3) is 0.278. The van der Waals surface area contributed by atoms with Gasteiger partial charge in [0.15, 0.2) is 22.4 Å². The molecule has 0 aromatic carbocycles. The maximum atomic E-state index is 13.2. The van der Waals surface area contributed by atoms with Crippen molar-refractivity contribution in [3.63, 3.8) is 0 Å². The van der Waals surface area contributed by atoms with Gasteiger partial charge in [0, 0.05) is 28.9 Å². The second-order valence-corrected chi connectivity index (χ2v) is 7.69. The van der Waals surface area contributed by atoms with Gasteiger partial charge >= 0.3 is 0 Å². The maximum Gasteiger partial charge on any atom is 0.269 e. The minimum atomic E-state index is -0.122. The molecule has 1 fully saturated rings. The lowest BCUT2D eigenvalue weighted by Gasteiger charge is -2.05. The zero-order valence-electron chi connectivity index (χ0n) is 14.4. The van der Waals surface area contributed by atoms with Crippen LogP contribution in [0.1, 0.15) is 35.2 Å². The minimum Gasteiger partial charge on any atom is -0.268 e. The Morgan fingerprint density at radius 2 is 2.04 bits per heavy atom. The number of nitrogens with zero attached hydrogens (tertiary/aromatic N) is 6. The van der Waals surface area contributed by atoms with Crippen LogP contribution in [0.25, 0.3) is 22.2 Å². The van der Waals surface area contributed by atoms with E-state index >= 15 is 0 Å². The maximum absolute atomic E-state index is 13.2. The summed E-state index contributed by atoms with van der Waals surface area (Å²) in [6.07, 6.45) is 5.49. The smallest absolute Gasteiger partial charge is 0.268 e. The third-order valence-electron chi connectivity index (χ3n) is 4.69. The number of fused-ring (bicyclic) bond motifs is 1. The molecule has 0 atom stereocenters. The quantitative estimate of drug-likeness (QED) is 0.558. The van der Waals surface area contributed by atoms with Crippen LogP contribution in [0.5, 0.6) is 0 Å². The standard InChI is InChI=1S/C18H16N6OS/c1-10-11(2)26-18-20-9-13(17(25)23(10)18)16-21-15(12-6-7-12)22-24(16)14-5-3-4-8-19-14/h3-5,8-9,12H,6-7H2,1-2H3. The van der Waals surface area contributed by atoms with Crippen molar-refractivity contribution in [2.24, 2.45) is 0 Å². The molecular weight excluding hydrogens is 348 g/mol. The number of pyridine rings is 1. The first-order valence-corrected chi connectivity index (χ1v) is 9.31. The molecule has 1 aliphatic carbocycles. The van der Waals surface area contributed by atoms with Gasteiger partial charge in [-0.05, 0) is 38.8 Å². The highest BCUT2D eigenvalue weighted by molar-refractivity contribution is 7.17. The van der Waals surface area contributed by atoms with Gasteiger partial charge in [-0.3, -0.25) is 9.20 Å². The molecule has 4 aromatic heterocycles. The summed E-state index contributed by atoms with van der Waals surface area (Å²) in [5.41, 5.74) is 1.23. The first-order valence-electron chi connectivity index (χ1n) is 8.50. The van der Waals surface area contributed by atoms with Gasteiger partial charge in [0.25, 0.3) is 5.56 Å². The van der Waals surface area contributed by atoms with Crippen molar-refractivity contribution in [2.45, 2.75) is 32.6 Å². The average Bonchev–Trinajstić information content (AvgIpc) is 3.34. The van der Waals surface area contributed by atoms with Crippen molar-refractivity contribution < 1.29 is 0 Å². The Labute approximate surface area is 153 Å². The van der Waals surface area contributed by atoms with Crippen molar-refractivity contribution in [3.8, 4) is 17.2 Å². The van der Waals surface area contributed by atoms with E-state index in [0.29, 0.717) is 28.1 Å². The second-order valence-electron chi connectivity index (χ2n) is 6.51. The van der Waals surface area contributed by atoms with Gasteiger partial charge in [0.05, 0.1) is 0 Å². The van der Waals surface area contributed by atoms with E-state index in [2.05, 4.69) is 20.1 Å². The predicted octanol–water partition coefficient (Wildman–Crippen LogP) is 2.89. The number of hydrogen-bond donors (Lipinski definition) is 0. The van der Waals surface area contributed by atoms with Crippen molar-refractivity contribution in [1.82, 2.24) is 29.1 Å². The molecule has 4 heterocycles. The molecule has 8 heteroatoms. The molecule has 0 amide bonds. The summed E-state index contributed by atoms with van der Waals surface area (Å²) in [6.45, 7) is 3.93. The molecule has 0 unspecified atom stereocenters. The summed E-state index contributed by atoms with van der Waals surface area (Å²) in [7, 11) is 0. The SMILES string of the molecule is Cc1sc2ncc(-c3nc(C4CC4)nn3-c3ccccn3)c(=O)n2c1C. The Bertz CT molecular complexity index is 1190. The normalized spacial score (nSPS) is 14.2. The average molecular weight is 364 g/mol. The molecule has 0 bridgehead atoms. The van der Waals surface area contributed by atoms with E-state index in [-0.39, 0.29) is 5.56 Å². The number of thiazole rings is 1. The monoisotopic (exact) mass is 364 g/mol. The molecule has 5 rings (SSSR count). The molecular formula is C18H16N6OS. The fourth-order valence-corrected chi connectivity index (χ4v) is 3.91. The van der Waals surface area contributed by atoms with Crippen molar-refractivity contribution in [1.29, 1.82) is 0 Å². The van der Waals surface area contributed by atoms with Crippen LogP contribution in [-0.4, -0.2) is 29.1 Å². The lowest BCUT2D eigenvalue weighted by Crippen LogP contribution is -2.18. The Kier molecular flexibility index (Phi) is 3.30. The Morgan fingerprint density at radius 1 is 1.19 bits per heavy atom. The highest BCUT2D eigenvalue weighted by atomic mass is 32.1. The largest absolute Gasteiger partial charge is 0.269 e. The number of aromatic nitrogens is 6. The van der Waals surface area contributed by atoms with E-state index in [1.54, 1.807) is 21.5 Å². The van der Waals surface area contributed by atoms with E-state index in [9.17, 15) is 4.79 Å². The molecule has 0 N–H and O–H groups in total. The van der Waals surface area contributed by atoms with E-state index in [1.807, 2.05) is 32.0 Å². The molecule has 0 saturated heterocycles. The van der Waals surface area contributed by atoms with Crippen LogP contribution >= 0.6 is 11.3 Å². The topological polar surface area (TPSA) is 78.0 Å². The molecule has 7 nitrogen and oxygen atoms in total. The lowest BCUT2D eigenvalue weighted by atomic mass is 10.3. The third kappa shape index (κ3) is 2.29. The summed E-state index contributed by atoms with van der Waals surface area (Å²) in [6, 6.07) is 5.60. The number of aryl methyl sites for hydroxylation is 2. The van der Waals surface area contributed by atoms with E-state index in [1.165, 1.54) is 11.3 Å². The zero-order chi connectivity index (χ0) is 17.8. The first-order chi connectivity index (χ1) is 12.6. The molecule has 0 aliphatic heterocycles. The summed E-state index contributed by atoms with van der Waals surface area (Å²) >= 11 is 1.51. The third-order valence-corrected chi connectivity index (χ3v) is 5.76. The molecule has 26 heavy (non-hydrogen) atoms. The predicted molar refractivity (Wildman–Crippen MR) is 98.9 cm³/mol. The van der Waals surface area contributed by atoms with Crippen LogP contribution in [0.3, 0.4) is 0 Å². The van der Waals surface area contributed by atoms with Gasteiger partial charge in [-0.1, -0.05) is 6.07 Å². The van der Waals surface area contributed by atoms with Gasteiger partial charge < -0.3 is 0 Å². The molecule has 0 spiro atoms. The van der Waals surface area contributed by atoms with Crippen LogP contribution in [0.15, 0.2) is 35.4 Å². The summed E-state index contributed by atoms with van der Waals surface area (Å²) in [5, 5.41) is 4.64. The van der Waals surface area contributed by atoms with Crippen molar-refractivity contribution in [3.05, 3.63) is 57.3 Å². The Balaban J connectivity index is 1.78. The van der Waals surface area contributed by atoms with Crippen LogP contribution in [0, 0.1) is 13.8 Å². The Morgan fingerprint density at radius 3 is 2.77 bits per heavy atom. The fourth-order valence-electron chi connectivity index (χ4n) is 2.99. The van der Waals surface area contributed by atoms with Gasteiger partial charge in [-0.2, -0.15) is 4.68 Å². The Hall–Kier alpha value is -2.87. The number of hydrogen-bond acceptors (Lipinski definition) is 6.